The van der Waals surface area contributed by atoms with E-state index in [-0.39, 0.29) is 18.7 Å². The quantitative estimate of drug-likeness (QED) is 0.387. The highest BCUT2D eigenvalue weighted by Crippen LogP contribution is 2.24. The van der Waals surface area contributed by atoms with Crippen LogP contribution in [0.2, 0.25) is 5.02 Å². The number of hydrogen-bond acceptors (Lipinski definition) is 5. The zero-order chi connectivity index (χ0) is 25.1. The topological polar surface area (TPSA) is 95.2 Å². The van der Waals surface area contributed by atoms with Crippen LogP contribution in [0.25, 0.3) is 10.8 Å². The van der Waals surface area contributed by atoms with Gasteiger partial charge in [0.05, 0.1) is 23.8 Å². The molecule has 9 heteroatoms. The summed E-state index contributed by atoms with van der Waals surface area (Å²) >= 11 is 6.13. The Morgan fingerprint density at radius 2 is 1.83 bits per heavy atom. The van der Waals surface area contributed by atoms with Gasteiger partial charge in [-0.1, -0.05) is 23.7 Å². The Morgan fingerprint density at radius 1 is 1.09 bits per heavy atom. The largest absolute Gasteiger partial charge is 0.462 e. The van der Waals surface area contributed by atoms with Crippen molar-refractivity contribution in [3.05, 3.63) is 92.6 Å². The van der Waals surface area contributed by atoms with Crippen molar-refractivity contribution in [3.8, 4) is 0 Å². The van der Waals surface area contributed by atoms with Crippen molar-refractivity contribution < 1.29 is 14.3 Å². The fourth-order valence-electron chi connectivity index (χ4n) is 4.05. The normalized spacial score (nSPS) is 11.0. The van der Waals surface area contributed by atoms with Crippen LogP contribution in [0.15, 0.2) is 59.5 Å². The minimum Gasteiger partial charge on any atom is -0.462 e. The third-order valence-corrected chi connectivity index (χ3v) is 6.04. The number of nitrogens with one attached hydrogen (secondary N) is 1. The van der Waals surface area contributed by atoms with Crippen molar-refractivity contribution in [1.29, 1.82) is 0 Å². The highest BCUT2D eigenvalue weighted by molar-refractivity contribution is 6.30. The number of nitrogens with zero attached hydrogens (tertiary/aromatic N) is 3. The monoisotopic (exact) mass is 492 g/mol. The zero-order valence-electron chi connectivity index (χ0n) is 19.7. The van der Waals surface area contributed by atoms with Gasteiger partial charge in [-0.25, -0.2) is 9.48 Å². The Labute approximate surface area is 207 Å². The summed E-state index contributed by atoms with van der Waals surface area (Å²) < 4.78 is 8.16. The average Bonchev–Trinajstić information content (AvgIpc) is 3.06. The second kappa shape index (κ2) is 10.1. The molecule has 0 aliphatic rings. The van der Waals surface area contributed by atoms with Crippen molar-refractivity contribution in [3.63, 3.8) is 0 Å². The van der Waals surface area contributed by atoms with Crippen molar-refractivity contribution in [1.82, 2.24) is 14.3 Å². The van der Waals surface area contributed by atoms with Crippen molar-refractivity contribution in [2.24, 2.45) is 0 Å². The number of esters is 1. The molecule has 0 saturated heterocycles. The van der Waals surface area contributed by atoms with E-state index in [9.17, 15) is 14.4 Å². The molecule has 8 nitrogen and oxygen atoms in total. The third-order valence-electron chi connectivity index (χ3n) is 5.81. The van der Waals surface area contributed by atoms with Gasteiger partial charge >= 0.3 is 5.97 Å². The van der Waals surface area contributed by atoms with E-state index in [1.165, 1.54) is 0 Å². The fourth-order valence-corrected chi connectivity index (χ4v) is 4.27. The summed E-state index contributed by atoms with van der Waals surface area (Å²) in [5.41, 5.74) is 3.29. The summed E-state index contributed by atoms with van der Waals surface area (Å²) in [4.78, 5) is 37.6. The van der Waals surface area contributed by atoms with E-state index >= 15 is 0 Å². The van der Waals surface area contributed by atoms with Crippen LogP contribution < -0.4 is 10.9 Å². The maximum atomic E-state index is 13.2. The molecule has 0 bridgehead atoms. The second-order valence-corrected chi connectivity index (χ2v) is 8.57. The molecule has 2 aromatic heterocycles. The number of aromatic nitrogens is 3. The molecule has 0 radical (unpaired) electrons. The third kappa shape index (κ3) is 5.12. The van der Waals surface area contributed by atoms with Gasteiger partial charge in [0.15, 0.2) is 0 Å². The number of ether oxygens (including phenoxy) is 1. The van der Waals surface area contributed by atoms with Gasteiger partial charge in [0, 0.05) is 34.0 Å². The Hall–Kier alpha value is -3.91. The van der Waals surface area contributed by atoms with E-state index in [1.807, 2.05) is 38.1 Å². The predicted octanol–water partition coefficient (Wildman–Crippen LogP) is 4.33. The van der Waals surface area contributed by atoms with Crippen LogP contribution in [-0.4, -0.2) is 32.8 Å². The number of fused-ring (bicyclic) bond motifs is 1. The average molecular weight is 493 g/mol. The molecule has 0 aliphatic heterocycles. The lowest BCUT2D eigenvalue weighted by molar-refractivity contribution is -0.117. The van der Waals surface area contributed by atoms with E-state index in [0.717, 1.165) is 27.0 Å². The molecule has 1 N–H and O–H groups in total. The molecule has 0 unspecified atom stereocenters. The maximum absolute atomic E-state index is 13.2. The first-order valence-electron chi connectivity index (χ1n) is 11.2. The fraction of sp³-hybridized carbons (Fsp3) is 0.231. The predicted molar refractivity (Wildman–Crippen MR) is 135 cm³/mol. The summed E-state index contributed by atoms with van der Waals surface area (Å²) in [6, 6.07) is 13.9. The number of amides is 1. The van der Waals surface area contributed by atoms with Crippen LogP contribution in [0, 0.1) is 13.8 Å². The van der Waals surface area contributed by atoms with Gasteiger partial charge in [-0.15, -0.1) is 0 Å². The SMILES string of the molecule is CCOC(=O)c1ccc(NC(=O)Cn2ncc3c(C)n(Cc4cccc(Cl)c4)c(C)c3c2=O)cc1. The molecule has 0 atom stereocenters. The maximum Gasteiger partial charge on any atom is 0.338 e. The van der Waals surface area contributed by atoms with Crippen LogP contribution in [0.3, 0.4) is 0 Å². The van der Waals surface area contributed by atoms with Gasteiger partial charge in [-0.2, -0.15) is 5.10 Å². The molecule has 1 amide bonds. The standard InChI is InChI=1S/C26H25ClN4O4/c1-4-35-26(34)19-8-10-21(11-9-19)29-23(32)15-31-25(33)24-17(3)30(16(2)22(24)13-28-31)14-18-6-5-7-20(27)12-18/h5-13H,4,14-15H2,1-3H3,(H,29,32). The summed E-state index contributed by atoms with van der Waals surface area (Å²) in [5, 5.41) is 8.89. The summed E-state index contributed by atoms with van der Waals surface area (Å²) in [6.45, 7) is 6.17. The Kier molecular flexibility index (Phi) is 7.02. The van der Waals surface area contributed by atoms with Crippen LogP contribution in [-0.2, 0) is 22.6 Å². The molecule has 2 aromatic carbocycles. The second-order valence-electron chi connectivity index (χ2n) is 8.13. The number of hydrogen-bond donors (Lipinski definition) is 1. The highest BCUT2D eigenvalue weighted by Gasteiger charge is 2.18. The molecule has 0 saturated carbocycles. The van der Waals surface area contributed by atoms with Crippen LogP contribution in [0.4, 0.5) is 5.69 Å². The Bertz CT molecular complexity index is 1470. The molecule has 2 heterocycles. The van der Waals surface area contributed by atoms with Gasteiger partial charge < -0.3 is 14.6 Å². The first-order valence-corrected chi connectivity index (χ1v) is 11.5. The Balaban J connectivity index is 1.54. The Morgan fingerprint density at radius 3 is 2.51 bits per heavy atom. The first-order chi connectivity index (χ1) is 16.8. The number of anilines is 1. The lowest BCUT2D eigenvalue weighted by Gasteiger charge is -2.09. The number of halogens is 1. The van der Waals surface area contributed by atoms with Gasteiger partial charge in [0.1, 0.15) is 6.54 Å². The minimum absolute atomic E-state index is 0.244. The molecule has 0 aliphatic carbocycles. The van der Waals surface area contributed by atoms with Gasteiger partial charge in [0.2, 0.25) is 5.91 Å². The molecular weight excluding hydrogens is 468 g/mol. The highest BCUT2D eigenvalue weighted by atomic mass is 35.5. The molecule has 180 valence electrons. The minimum atomic E-state index is -0.428. The van der Waals surface area contributed by atoms with Crippen LogP contribution in [0.1, 0.15) is 34.2 Å². The molecule has 4 aromatic rings. The molecule has 4 rings (SSSR count). The smallest absolute Gasteiger partial charge is 0.338 e. The lowest BCUT2D eigenvalue weighted by Crippen LogP contribution is -2.29. The van der Waals surface area contributed by atoms with Crippen molar-refractivity contribution >= 4 is 39.9 Å². The van der Waals surface area contributed by atoms with Gasteiger partial charge in [-0.05, 0) is 62.7 Å². The van der Waals surface area contributed by atoms with Gasteiger partial charge in [0.25, 0.3) is 5.56 Å². The van der Waals surface area contributed by atoms with Crippen molar-refractivity contribution in [2.75, 3.05) is 11.9 Å². The van der Waals surface area contributed by atoms with Gasteiger partial charge in [-0.3, -0.25) is 9.59 Å². The molecule has 0 fully saturated rings. The lowest BCUT2D eigenvalue weighted by atomic mass is 10.2. The van der Waals surface area contributed by atoms with Crippen LogP contribution in [0.5, 0.6) is 0 Å². The van der Waals surface area contributed by atoms with E-state index in [4.69, 9.17) is 16.3 Å². The molecule has 0 spiro atoms. The van der Waals surface area contributed by atoms with E-state index in [1.54, 1.807) is 37.4 Å². The molecule has 35 heavy (non-hydrogen) atoms. The van der Waals surface area contributed by atoms with E-state index in [0.29, 0.717) is 28.2 Å². The number of rotatable bonds is 7. The summed E-state index contributed by atoms with van der Waals surface area (Å²) in [5.74, 6) is -0.835. The zero-order valence-corrected chi connectivity index (χ0v) is 20.4. The summed E-state index contributed by atoms with van der Waals surface area (Å²) in [6.07, 6.45) is 1.62. The number of benzene rings is 2. The van der Waals surface area contributed by atoms with Crippen LogP contribution >= 0.6 is 11.6 Å². The number of aryl methyl sites for hydroxylation is 2. The number of carbonyl (C=O) groups is 2. The molecular formula is C26H25ClN4O4. The van der Waals surface area contributed by atoms with E-state index < -0.39 is 11.9 Å². The summed E-state index contributed by atoms with van der Waals surface area (Å²) in [7, 11) is 0. The van der Waals surface area contributed by atoms with Crippen molar-refractivity contribution in [2.45, 2.75) is 33.9 Å². The van der Waals surface area contributed by atoms with E-state index in [2.05, 4.69) is 15.0 Å². The number of carbonyl (C=O) groups excluding carboxylic acids is 2. The first kappa shape index (κ1) is 24.2.